The molecule has 0 aliphatic carbocycles. The maximum atomic E-state index is 13.4. The average Bonchev–Trinajstić information content (AvgIpc) is 3.44. The molecule has 8 nitrogen and oxygen atoms in total. The van der Waals surface area contributed by atoms with E-state index < -0.39 is 21.8 Å². The number of halogens is 3. The van der Waals surface area contributed by atoms with Crippen LogP contribution in [-0.2, 0) is 25.1 Å². The molecule has 1 aromatic heterocycles. The fraction of sp³-hybridized carbons (Fsp3) is 0.615. The number of piperidine rings is 1. The minimum absolute atomic E-state index is 0.137. The SMILES string of the molecule is COC1C[C@H]2COC[C@@H](C1)N2C[C@H]1CN(S(=O)(=O)c2cccs2)CCN1c1ccc([C@](C)(O)C(F)(F)F)cc1. The van der Waals surface area contributed by atoms with Gasteiger partial charge in [-0.15, -0.1) is 11.3 Å². The van der Waals surface area contributed by atoms with E-state index >= 15 is 0 Å². The maximum Gasteiger partial charge on any atom is 0.421 e. The lowest BCUT2D eigenvalue weighted by Crippen LogP contribution is -2.64. The van der Waals surface area contributed by atoms with Gasteiger partial charge in [-0.05, 0) is 48.9 Å². The van der Waals surface area contributed by atoms with Crippen molar-refractivity contribution in [1.29, 1.82) is 0 Å². The van der Waals surface area contributed by atoms with Crippen LogP contribution in [0.5, 0.6) is 0 Å². The molecule has 13 heteroatoms. The van der Waals surface area contributed by atoms with Gasteiger partial charge in [0.25, 0.3) is 10.0 Å². The van der Waals surface area contributed by atoms with Crippen LogP contribution in [0.15, 0.2) is 46.0 Å². The van der Waals surface area contributed by atoms with Gasteiger partial charge in [0.1, 0.15) is 4.21 Å². The second kappa shape index (κ2) is 10.9. The van der Waals surface area contributed by atoms with Gasteiger partial charge in [-0.2, -0.15) is 17.5 Å². The topological polar surface area (TPSA) is 82.6 Å². The molecule has 0 amide bonds. The van der Waals surface area contributed by atoms with Crippen LogP contribution >= 0.6 is 11.3 Å². The maximum absolute atomic E-state index is 13.4. The van der Waals surface area contributed by atoms with Gasteiger partial charge >= 0.3 is 6.18 Å². The van der Waals surface area contributed by atoms with E-state index in [-0.39, 0.29) is 42.9 Å². The van der Waals surface area contributed by atoms with Gasteiger partial charge < -0.3 is 19.5 Å². The van der Waals surface area contributed by atoms with Crippen molar-refractivity contribution >= 4 is 27.0 Å². The molecule has 1 unspecified atom stereocenters. The number of morpholine rings is 1. The van der Waals surface area contributed by atoms with E-state index in [9.17, 15) is 26.7 Å². The third-order valence-electron chi connectivity index (χ3n) is 8.23. The van der Waals surface area contributed by atoms with Crippen LogP contribution in [0.2, 0.25) is 0 Å². The van der Waals surface area contributed by atoms with Crippen LogP contribution in [-0.4, -0.2) is 99.6 Å². The minimum Gasteiger partial charge on any atom is -0.381 e. The zero-order valence-electron chi connectivity index (χ0n) is 21.9. The van der Waals surface area contributed by atoms with Crippen LogP contribution < -0.4 is 4.90 Å². The summed E-state index contributed by atoms with van der Waals surface area (Å²) in [7, 11) is -1.95. The van der Waals surface area contributed by atoms with Crippen molar-refractivity contribution < 1.29 is 36.2 Å². The highest BCUT2D eigenvalue weighted by Gasteiger charge is 2.51. The Bertz CT molecular complexity index is 1210. The molecule has 2 aromatic rings. The molecule has 2 bridgehead atoms. The van der Waals surface area contributed by atoms with Gasteiger partial charge in [-0.25, -0.2) is 8.42 Å². The first-order chi connectivity index (χ1) is 18.4. The van der Waals surface area contributed by atoms with Gasteiger partial charge in [0.2, 0.25) is 0 Å². The van der Waals surface area contributed by atoms with E-state index in [1.165, 1.54) is 27.8 Å². The van der Waals surface area contributed by atoms with Crippen LogP contribution in [0.4, 0.5) is 18.9 Å². The molecule has 4 heterocycles. The molecule has 216 valence electrons. The Hall–Kier alpha value is -1.74. The molecule has 3 saturated heterocycles. The number of thiophene rings is 1. The number of methoxy groups -OCH3 is 1. The molecule has 0 spiro atoms. The highest BCUT2D eigenvalue weighted by molar-refractivity contribution is 7.91. The zero-order valence-corrected chi connectivity index (χ0v) is 23.5. The summed E-state index contributed by atoms with van der Waals surface area (Å²) in [5.74, 6) is 0. The van der Waals surface area contributed by atoms with Crippen molar-refractivity contribution in [1.82, 2.24) is 9.21 Å². The van der Waals surface area contributed by atoms with E-state index in [4.69, 9.17) is 9.47 Å². The summed E-state index contributed by atoms with van der Waals surface area (Å²) in [6.07, 6.45) is -3.03. The number of benzene rings is 1. The predicted molar refractivity (Wildman–Crippen MR) is 141 cm³/mol. The Kier molecular flexibility index (Phi) is 8.06. The molecular formula is C26H34F3N3O5S2. The van der Waals surface area contributed by atoms with E-state index in [0.717, 1.165) is 19.8 Å². The molecule has 3 aliphatic heterocycles. The normalized spacial score (nSPS) is 28.8. The molecule has 5 rings (SSSR count). The number of anilines is 1. The third-order valence-corrected chi connectivity index (χ3v) is 11.5. The van der Waals surface area contributed by atoms with E-state index in [2.05, 4.69) is 9.80 Å². The standard InChI is InChI=1S/C26H34F3N3O5S2/c1-25(33,26(27,28)29)18-5-7-19(8-6-18)31-10-9-30(39(34,35)24-4-3-11-38-24)14-22(31)15-32-20-12-23(36-2)13-21(32)17-37-16-20/h3-8,11,20-23,33H,9-10,12-17H2,1-2H3/t20-,21+,22-,23?,25+/m1/s1. The lowest BCUT2D eigenvalue weighted by molar-refractivity contribution is -0.258. The van der Waals surface area contributed by atoms with Gasteiger partial charge in [0, 0.05) is 51.1 Å². The first kappa shape index (κ1) is 28.8. The Labute approximate surface area is 231 Å². The summed E-state index contributed by atoms with van der Waals surface area (Å²) in [5, 5.41) is 11.8. The Balaban J connectivity index is 1.42. The first-order valence-electron chi connectivity index (χ1n) is 13.0. The fourth-order valence-corrected chi connectivity index (χ4v) is 8.51. The molecular weight excluding hydrogens is 555 g/mol. The van der Waals surface area contributed by atoms with Crippen molar-refractivity contribution in [3.05, 3.63) is 47.3 Å². The quantitative estimate of drug-likeness (QED) is 0.531. The molecule has 1 N–H and O–H groups in total. The number of fused-ring (bicyclic) bond motifs is 2. The number of rotatable bonds is 7. The molecule has 1 aromatic carbocycles. The first-order valence-corrected chi connectivity index (χ1v) is 15.3. The van der Waals surface area contributed by atoms with Crippen LogP contribution in [0.3, 0.4) is 0 Å². The van der Waals surface area contributed by atoms with E-state index in [0.29, 0.717) is 36.2 Å². The Morgan fingerprint density at radius 1 is 1.10 bits per heavy atom. The van der Waals surface area contributed by atoms with Gasteiger partial charge in [0.05, 0.1) is 25.4 Å². The lowest BCUT2D eigenvalue weighted by atomic mass is 9.91. The van der Waals surface area contributed by atoms with Gasteiger partial charge in [-0.3, -0.25) is 4.90 Å². The number of aliphatic hydroxyl groups is 1. The molecule has 3 fully saturated rings. The van der Waals surface area contributed by atoms with Crippen LogP contribution in [0.25, 0.3) is 0 Å². The summed E-state index contributed by atoms with van der Waals surface area (Å²) in [6.45, 7) is 3.33. The molecule has 0 radical (unpaired) electrons. The summed E-state index contributed by atoms with van der Waals surface area (Å²) in [5.41, 5.74) is -2.53. The molecule has 3 aliphatic rings. The second-order valence-electron chi connectivity index (χ2n) is 10.6. The smallest absolute Gasteiger partial charge is 0.381 e. The monoisotopic (exact) mass is 589 g/mol. The van der Waals surface area contributed by atoms with Crippen LogP contribution in [0, 0.1) is 0 Å². The van der Waals surface area contributed by atoms with Crippen molar-refractivity contribution in [3.63, 3.8) is 0 Å². The third kappa shape index (κ3) is 5.59. The minimum atomic E-state index is -4.81. The number of alkyl halides is 3. The molecule has 39 heavy (non-hydrogen) atoms. The number of ether oxygens (including phenoxy) is 2. The van der Waals surface area contributed by atoms with Crippen molar-refractivity contribution in [2.45, 2.75) is 60.0 Å². The highest BCUT2D eigenvalue weighted by atomic mass is 32.2. The Morgan fingerprint density at radius 2 is 1.77 bits per heavy atom. The number of sulfonamides is 1. The number of hydrogen-bond acceptors (Lipinski definition) is 8. The second-order valence-corrected chi connectivity index (χ2v) is 13.7. The van der Waals surface area contributed by atoms with Gasteiger partial charge in [-0.1, -0.05) is 18.2 Å². The van der Waals surface area contributed by atoms with Crippen LogP contribution in [0.1, 0.15) is 25.3 Å². The Morgan fingerprint density at radius 3 is 2.33 bits per heavy atom. The largest absolute Gasteiger partial charge is 0.421 e. The molecule has 0 saturated carbocycles. The van der Waals surface area contributed by atoms with Crippen molar-refractivity contribution in [3.8, 4) is 0 Å². The highest BCUT2D eigenvalue weighted by Crippen LogP contribution is 2.39. The van der Waals surface area contributed by atoms with Crippen molar-refractivity contribution in [2.75, 3.05) is 51.4 Å². The van der Waals surface area contributed by atoms with Crippen molar-refractivity contribution in [2.24, 2.45) is 0 Å². The zero-order chi connectivity index (χ0) is 28.0. The summed E-state index contributed by atoms with van der Waals surface area (Å²) in [4.78, 5) is 4.46. The summed E-state index contributed by atoms with van der Waals surface area (Å²) in [6, 6.07) is 9.08. The number of nitrogens with zero attached hydrogens (tertiary/aromatic N) is 3. The number of hydrogen-bond donors (Lipinski definition) is 1. The van der Waals surface area contributed by atoms with E-state index in [1.807, 2.05) is 0 Å². The summed E-state index contributed by atoms with van der Waals surface area (Å²) < 4.78 is 80.2. The number of piperazine rings is 1. The molecule has 5 atom stereocenters. The van der Waals surface area contributed by atoms with Gasteiger partial charge in [0.15, 0.2) is 5.60 Å². The average molecular weight is 590 g/mol. The van der Waals surface area contributed by atoms with E-state index in [1.54, 1.807) is 36.8 Å². The lowest BCUT2D eigenvalue weighted by Gasteiger charge is -2.51. The fourth-order valence-electron chi connectivity index (χ4n) is 5.89. The predicted octanol–water partition coefficient (Wildman–Crippen LogP) is 3.28. The summed E-state index contributed by atoms with van der Waals surface area (Å²) >= 11 is 1.18.